The molecule has 0 aliphatic rings. The second-order valence-corrected chi connectivity index (χ2v) is 5.36. The van der Waals surface area contributed by atoms with E-state index in [1.165, 1.54) is 11.5 Å². The van der Waals surface area contributed by atoms with Gasteiger partial charge in [0.05, 0.1) is 6.61 Å². The summed E-state index contributed by atoms with van der Waals surface area (Å²) >= 11 is 3.21. The van der Waals surface area contributed by atoms with Crippen LogP contribution in [0.2, 0.25) is 0 Å². The fourth-order valence-corrected chi connectivity index (χ4v) is 2.68. The van der Waals surface area contributed by atoms with E-state index < -0.39 is 0 Å². The van der Waals surface area contributed by atoms with Crippen LogP contribution in [0, 0.1) is 6.92 Å². The molecule has 4 nitrogen and oxygen atoms in total. The van der Waals surface area contributed by atoms with Gasteiger partial charge in [-0.15, -0.1) is 0 Å². The highest BCUT2D eigenvalue weighted by Crippen LogP contribution is 2.18. The molecule has 0 saturated carbocycles. The average Bonchev–Trinajstić information content (AvgIpc) is 2.60. The van der Waals surface area contributed by atoms with E-state index in [9.17, 15) is 0 Å². The first-order valence-corrected chi connectivity index (χ1v) is 6.63. The van der Waals surface area contributed by atoms with Gasteiger partial charge in [-0.1, -0.05) is 11.8 Å². The molecule has 0 amide bonds. The van der Waals surface area contributed by atoms with Crippen LogP contribution in [-0.4, -0.2) is 41.4 Å². The second-order valence-electron chi connectivity index (χ2n) is 3.27. The van der Waals surface area contributed by atoms with E-state index in [-0.39, 0.29) is 0 Å². The average molecular weight is 247 g/mol. The zero-order chi connectivity index (χ0) is 11.1. The fourth-order valence-electron chi connectivity index (χ4n) is 1.09. The van der Waals surface area contributed by atoms with Crippen molar-refractivity contribution in [1.29, 1.82) is 0 Å². The highest BCUT2D eigenvalue weighted by molar-refractivity contribution is 8.00. The molecule has 0 bridgehead atoms. The molecule has 0 spiro atoms. The molecule has 0 radical (unpaired) electrons. The van der Waals surface area contributed by atoms with Crippen molar-refractivity contribution in [1.82, 2.24) is 14.7 Å². The Morgan fingerprint density at radius 2 is 2.40 bits per heavy atom. The van der Waals surface area contributed by atoms with E-state index in [0.29, 0.717) is 6.04 Å². The maximum Gasteiger partial charge on any atom is 0.170 e. The molecule has 0 aliphatic heterocycles. The van der Waals surface area contributed by atoms with Crippen LogP contribution in [0.5, 0.6) is 0 Å². The Morgan fingerprint density at radius 3 is 3.00 bits per heavy atom. The number of methoxy groups -OCH3 is 1. The van der Waals surface area contributed by atoms with Crippen LogP contribution in [-0.2, 0) is 4.74 Å². The molecule has 1 rings (SSSR count). The maximum atomic E-state index is 5.03. The second kappa shape index (κ2) is 7.16. The topological polar surface area (TPSA) is 47.0 Å². The van der Waals surface area contributed by atoms with Crippen molar-refractivity contribution in [3.63, 3.8) is 0 Å². The summed E-state index contributed by atoms with van der Waals surface area (Å²) in [6.45, 7) is 5.75. The van der Waals surface area contributed by atoms with Crippen LogP contribution in [0.4, 0.5) is 0 Å². The highest BCUT2D eigenvalue weighted by Gasteiger charge is 2.02. The van der Waals surface area contributed by atoms with Gasteiger partial charge in [0.15, 0.2) is 4.34 Å². The molecular weight excluding hydrogens is 230 g/mol. The van der Waals surface area contributed by atoms with Crippen molar-refractivity contribution >= 4 is 23.3 Å². The van der Waals surface area contributed by atoms with Gasteiger partial charge in [-0.3, -0.25) is 0 Å². The lowest BCUT2D eigenvalue weighted by Gasteiger charge is -2.11. The molecule has 0 saturated heterocycles. The van der Waals surface area contributed by atoms with Crippen molar-refractivity contribution in [2.75, 3.05) is 26.0 Å². The number of aromatic nitrogens is 2. The Morgan fingerprint density at radius 1 is 1.60 bits per heavy atom. The lowest BCUT2D eigenvalue weighted by molar-refractivity contribution is 0.173. The summed E-state index contributed by atoms with van der Waals surface area (Å²) in [5.74, 6) is 1.88. The van der Waals surface area contributed by atoms with Crippen LogP contribution < -0.4 is 5.32 Å². The van der Waals surface area contributed by atoms with Gasteiger partial charge < -0.3 is 10.1 Å². The van der Waals surface area contributed by atoms with Gasteiger partial charge in [-0.2, -0.15) is 4.37 Å². The smallest absolute Gasteiger partial charge is 0.170 e. The highest BCUT2D eigenvalue weighted by atomic mass is 32.2. The first-order chi connectivity index (χ1) is 7.22. The van der Waals surface area contributed by atoms with Gasteiger partial charge in [0.2, 0.25) is 0 Å². The van der Waals surface area contributed by atoms with E-state index in [1.54, 1.807) is 18.9 Å². The van der Waals surface area contributed by atoms with Gasteiger partial charge in [0.1, 0.15) is 5.82 Å². The molecule has 0 aliphatic carbocycles. The van der Waals surface area contributed by atoms with Gasteiger partial charge in [-0.25, -0.2) is 4.98 Å². The number of thioether (sulfide) groups is 1. The number of rotatable bonds is 7. The molecule has 86 valence electrons. The fraction of sp³-hybridized carbons (Fsp3) is 0.778. The Kier molecular flexibility index (Phi) is 6.16. The summed E-state index contributed by atoms with van der Waals surface area (Å²) in [5.41, 5.74) is 0. The minimum absolute atomic E-state index is 0.409. The molecule has 1 aromatic rings. The normalized spacial score (nSPS) is 13.0. The van der Waals surface area contributed by atoms with Gasteiger partial charge in [-0.05, 0) is 25.4 Å². The lowest BCUT2D eigenvalue weighted by Crippen LogP contribution is -2.31. The summed E-state index contributed by atoms with van der Waals surface area (Å²) < 4.78 is 10.2. The molecule has 15 heavy (non-hydrogen) atoms. The lowest BCUT2D eigenvalue weighted by atomic mass is 10.4. The van der Waals surface area contributed by atoms with Crippen LogP contribution in [0.25, 0.3) is 0 Å². The molecule has 1 unspecified atom stereocenters. The Bertz CT molecular complexity index is 280. The zero-order valence-corrected chi connectivity index (χ0v) is 11.0. The standard InChI is InChI=1S/C9H17N3OS2/c1-7(6-13-3)10-4-5-14-9-11-8(2)12-15-9/h7,10H,4-6H2,1-3H3. The number of hydrogen-bond donors (Lipinski definition) is 1. The molecule has 6 heteroatoms. The zero-order valence-electron chi connectivity index (χ0n) is 9.32. The molecular formula is C9H17N3OS2. The molecule has 1 aromatic heterocycles. The Labute approximate surface area is 99.0 Å². The number of nitrogens with zero attached hydrogens (tertiary/aromatic N) is 2. The number of nitrogens with one attached hydrogen (secondary N) is 1. The molecule has 1 heterocycles. The van der Waals surface area contributed by atoms with E-state index >= 15 is 0 Å². The minimum Gasteiger partial charge on any atom is -0.383 e. The number of ether oxygens (including phenoxy) is 1. The Balaban J connectivity index is 2.06. The monoisotopic (exact) mass is 247 g/mol. The summed E-state index contributed by atoms with van der Waals surface area (Å²) in [4.78, 5) is 4.28. The predicted molar refractivity (Wildman–Crippen MR) is 64.7 cm³/mol. The third-order valence-corrected chi connectivity index (χ3v) is 3.67. The third-order valence-electron chi connectivity index (χ3n) is 1.75. The quantitative estimate of drug-likeness (QED) is 0.585. The SMILES string of the molecule is COCC(C)NCCSc1nc(C)ns1. The van der Waals surface area contributed by atoms with Gasteiger partial charge in [0.25, 0.3) is 0 Å². The third kappa shape index (κ3) is 5.46. The van der Waals surface area contributed by atoms with Gasteiger partial charge in [0, 0.05) is 25.4 Å². The van der Waals surface area contributed by atoms with Crippen LogP contribution >= 0.6 is 23.3 Å². The molecule has 1 N–H and O–H groups in total. The van der Waals surface area contributed by atoms with Crippen LogP contribution in [0.1, 0.15) is 12.7 Å². The number of hydrogen-bond acceptors (Lipinski definition) is 6. The van der Waals surface area contributed by atoms with E-state index in [0.717, 1.165) is 29.1 Å². The van der Waals surface area contributed by atoms with Gasteiger partial charge >= 0.3 is 0 Å². The van der Waals surface area contributed by atoms with Crippen molar-refractivity contribution in [3.8, 4) is 0 Å². The maximum absolute atomic E-state index is 5.03. The first kappa shape index (κ1) is 12.9. The van der Waals surface area contributed by atoms with Crippen molar-refractivity contribution in [3.05, 3.63) is 5.82 Å². The van der Waals surface area contributed by atoms with Crippen molar-refractivity contribution < 1.29 is 4.74 Å². The molecule has 1 atom stereocenters. The van der Waals surface area contributed by atoms with E-state index in [1.807, 2.05) is 6.92 Å². The van der Waals surface area contributed by atoms with Crippen molar-refractivity contribution in [2.45, 2.75) is 24.2 Å². The summed E-state index contributed by atoms with van der Waals surface area (Å²) in [7, 11) is 1.72. The first-order valence-electron chi connectivity index (χ1n) is 4.88. The van der Waals surface area contributed by atoms with Crippen molar-refractivity contribution in [2.24, 2.45) is 0 Å². The predicted octanol–water partition coefficient (Wildman–Crippen LogP) is 1.56. The molecule has 0 aromatic carbocycles. The Hall–Kier alpha value is -0.170. The summed E-state index contributed by atoms with van der Waals surface area (Å²) in [5, 5.41) is 3.37. The summed E-state index contributed by atoms with van der Waals surface area (Å²) in [6, 6.07) is 0.409. The number of aryl methyl sites for hydroxylation is 1. The minimum atomic E-state index is 0.409. The van der Waals surface area contributed by atoms with E-state index in [4.69, 9.17) is 4.74 Å². The summed E-state index contributed by atoms with van der Waals surface area (Å²) in [6.07, 6.45) is 0. The molecule has 0 fully saturated rings. The van der Waals surface area contributed by atoms with Crippen LogP contribution in [0.3, 0.4) is 0 Å². The largest absolute Gasteiger partial charge is 0.383 e. The van der Waals surface area contributed by atoms with Crippen LogP contribution in [0.15, 0.2) is 4.34 Å². The van der Waals surface area contributed by atoms with E-state index in [2.05, 4.69) is 21.6 Å².